The molecule has 1 heterocycles. The monoisotopic (exact) mass is 386 g/mol. The molecule has 140 valence electrons. The fraction of sp³-hybridized carbons (Fsp3) is 0.400. The van der Waals surface area contributed by atoms with Crippen LogP contribution in [0.15, 0.2) is 29.3 Å². The molecule has 1 aliphatic rings. The van der Waals surface area contributed by atoms with Crippen LogP contribution in [0.3, 0.4) is 0 Å². The number of hydrogen-bond acceptors (Lipinski definition) is 5. The van der Waals surface area contributed by atoms with E-state index in [1.165, 1.54) is 0 Å². The van der Waals surface area contributed by atoms with Crippen molar-refractivity contribution >= 4 is 21.7 Å². The molecule has 1 saturated carbocycles. The standard InChI is InChI=1S/C15H16F2N4O4S/c1-9(2)20(13-6-3-10(16)7-12(13)17)15(23)21-14(22)19(8-18-21)26(24,25)11-4-5-11/h3,6-9,11H,4-5H2,1-2H3. The van der Waals surface area contributed by atoms with Crippen molar-refractivity contribution in [3.63, 3.8) is 0 Å². The molecule has 0 aliphatic heterocycles. The minimum absolute atomic E-state index is 0.252. The quantitative estimate of drug-likeness (QED) is 0.795. The molecule has 1 aromatic carbocycles. The number of carbonyl (C=O) groups is 1. The molecule has 0 bridgehead atoms. The van der Waals surface area contributed by atoms with Gasteiger partial charge in [0.1, 0.15) is 18.0 Å². The van der Waals surface area contributed by atoms with E-state index in [-0.39, 0.29) is 5.69 Å². The topological polar surface area (TPSA) is 94.3 Å². The van der Waals surface area contributed by atoms with Crippen molar-refractivity contribution in [1.29, 1.82) is 0 Å². The predicted octanol–water partition coefficient (Wildman–Crippen LogP) is 1.55. The average molecular weight is 386 g/mol. The number of rotatable bonds is 4. The fourth-order valence-corrected chi connectivity index (χ4v) is 4.03. The van der Waals surface area contributed by atoms with E-state index in [0.29, 0.717) is 27.6 Å². The van der Waals surface area contributed by atoms with Gasteiger partial charge in [0.05, 0.1) is 10.9 Å². The SMILES string of the molecule is CC(C)N(C(=O)n1ncn(S(=O)(=O)C2CC2)c1=O)c1ccc(F)cc1F. The molecule has 2 aromatic rings. The van der Waals surface area contributed by atoms with E-state index in [1.54, 1.807) is 13.8 Å². The van der Waals surface area contributed by atoms with Gasteiger partial charge in [0, 0.05) is 12.1 Å². The van der Waals surface area contributed by atoms with Crippen LogP contribution in [0.25, 0.3) is 0 Å². The lowest BCUT2D eigenvalue weighted by atomic mass is 10.2. The molecule has 11 heteroatoms. The highest BCUT2D eigenvalue weighted by molar-refractivity contribution is 7.90. The third kappa shape index (κ3) is 3.02. The summed E-state index contributed by atoms with van der Waals surface area (Å²) in [6.45, 7) is 3.12. The first-order chi connectivity index (χ1) is 12.1. The van der Waals surface area contributed by atoms with Gasteiger partial charge in [-0.25, -0.2) is 26.8 Å². The molecule has 0 radical (unpaired) electrons. The van der Waals surface area contributed by atoms with Gasteiger partial charge in [-0.1, -0.05) is 0 Å². The van der Waals surface area contributed by atoms with Crippen molar-refractivity contribution in [2.24, 2.45) is 0 Å². The van der Waals surface area contributed by atoms with Crippen LogP contribution in [0.2, 0.25) is 0 Å². The lowest BCUT2D eigenvalue weighted by Gasteiger charge is -2.26. The highest BCUT2D eigenvalue weighted by Crippen LogP contribution is 2.29. The van der Waals surface area contributed by atoms with Gasteiger partial charge in [0.2, 0.25) is 10.0 Å². The molecule has 1 fully saturated rings. The van der Waals surface area contributed by atoms with Gasteiger partial charge in [-0.15, -0.1) is 9.78 Å². The summed E-state index contributed by atoms with van der Waals surface area (Å²) >= 11 is 0. The van der Waals surface area contributed by atoms with E-state index in [1.807, 2.05) is 0 Å². The molecule has 0 atom stereocenters. The maximum atomic E-state index is 14.1. The Bertz CT molecular complexity index is 1020. The maximum absolute atomic E-state index is 14.1. The van der Waals surface area contributed by atoms with Crippen LogP contribution in [0, 0.1) is 11.6 Å². The Balaban J connectivity index is 2.04. The van der Waals surface area contributed by atoms with Crippen LogP contribution in [-0.4, -0.2) is 39.5 Å². The van der Waals surface area contributed by atoms with Gasteiger partial charge in [-0.2, -0.15) is 3.97 Å². The average Bonchev–Trinajstić information content (AvgIpc) is 3.32. The van der Waals surface area contributed by atoms with Crippen LogP contribution < -0.4 is 10.6 Å². The lowest BCUT2D eigenvalue weighted by Crippen LogP contribution is -2.45. The molecule has 0 unspecified atom stereocenters. The number of amides is 1. The molecule has 8 nitrogen and oxygen atoms in total. The number of aromatic nitrogens is 3. The molecule has 0 saturated heterocycles. The molecule has 1 aromatic heterocycles. The number of hydrogen-bond donors (Lipinski definition) is 0. The van der Waals surface area contributed by atoms with Gasteiger partial charge in [0.25, 0.3) is 0 Å². The second kappa shape index (κ2) is 6.31. The molecular weight excluding hydrogens is 370 g/mol. The second-order valence-corrected chi connectivity index (χ2v) is 8.30. The van der Waals surface area contributed by atoms with Crippen LogP contribution in [-0.2, 0) is 10.0 Å². The van der Waals surface area contributed by atoms with E-state index < -0.39 is 44.7 Å². The van der Waals surface area contributed by atoms with Gasteiger partial charge in [-0.3, -0.25) is 4.90 Å². The Hall–Kier alpha value is -2.56. The van der Waals surface area contributed by atoms with Crippen molar-refractivity contribution in [3.8, 4) is 0 Å². The molecule has 3 rings (SSSR count). The molecular formula is C15H16F2N4O4S. The smallest absolute Gasteiger partial charge is 0.287 e. The first kappa shape index (κ1) is 18.2. The van der Waals surface area contributed by atoms with Crippen LogP contribution >= 0.6 is 0 Å². The van der Waals surface area contributed by atoms with E-state index in [2.05, 4.69) is 5.10 Å². The zero-order valence-electron chi connectivity index (χ0n) is 14.0. The summed E-state index contributed by atoms with van der Waals surface area (Å²) in [4.78, 5) is 26.0. The molecule has 1 amide bonds. The Morgan fingerprint density at radius 3 is 2.50 bits per heavy atom. The summed E-state index contributed by atoms with van der Waals surface area (Å²) in [5.74, 6) is -1.82. The number of nitrogens with zero attached hydrogens (tertiary/aromatic N) is 4. The van der Waals surface area contributed by atoms with Crippen LogP contribution in [0.1, 0.15) is 26.7 Å². The van der Waals surface area contributed by atoms with Crippen molar-refractivity contribution in [2.45, 2.75) is 38.0 Å². The van der Waals surface area contributed by atoms with E-state index in [4.69, 9.17) is 0 Å². The highest BCUT2D eigenvalue weighted by atomic mass is 32.2. The molecule has 1 aliphatic carbocycles. The van der Waals surface area contributed by atoms with Gasteiger partial charge < -0.3 is 0 Å². The fourth-order valence-electron chi connectivity index (χ4n) is 2.50. The van der Waals surface area contributed by atoms with E-state index in [9.17, 15) is 26.8 Å². The minimum atomic E-state index is -3.91. The normalized spacial score (nSPS) is 14.7. The maximum Gasteiger partial charge on any atom is 0.368 e. The zero-order chi connectivity index (χ0) is 19.2. The van der Waals surface area contributed by atoms with Crippen molar-refractivity contribution in [3.05, 3.63) is 46.6 Å². The largest absolute Gasteiger partial charge is 0.368 e. The Kier molecular flexibility index (Phi) is 4.42. The van der Waals surface area contributed by atoms with Crippen LogP contribution in [0.5, 0.6) is 0 Å². The highest BCUT2D eigenvalue weighted by Gasteiger charge is 2.39. The van der Waals surface area contributed by atoms with Crippen molar-refractivity contribution in [2.75, 3.05) is 4.90 Å². The summed E-state index contributed by atoms with van der Waals surface area (Å²) in [5.41, 5.74) is -1.41. The summed E-state index contributed by atoms with van der Waals surface area (Å²) in [5, 5.41) is 2.91. The molecule has 26 heavy (non-hydrogen) atoms. The predicted molar refractivity (Wildman–Crippen MR) is 88.6 cm³/mol. The molecule has 0 spiro atoms. The van der Waals surface area contributed by atoms with Gasteiger partial charge in [-0.05, 0) is 38.8 Å². The summed E-state index contributed by atoms with van der Waals surface area (Å²) in [6.07, 6.45) is 1.63. The van der Waals surface area contributed by atoms with Gasteiger partial charge in [0.15, 0.2) is 0 Å². The number of benzene rings is 1. The summed E-state index contributed by atoms with van der Waals surface area (Å²) < 4.78 is 52.4. The third-order valence-electron chi connectivity index (χ3n) is 3.93. The Morgan fingerprint density at radius 1 is 1.31 bits per heavy atom. The molecule has 0 N–H and O–H groups in total. The summed E-state index contributed by atoms with van der Waals surface area (Å²) in [6, 6.07) is 0.988. The number of carbonyl (C=O) groups excluding carboxylic acids is 1. The third-order valence-corrected chi connectivity index (χ3v) is 6.05. The first-order valence-electron chi connectivity index (χ1n) is 7.84. The zero-order valence-corrected chi connectivity index (χ0v) is 14.8. The van der Waals surface area contributed by atoms with Crippen molar-refractivity contribution < 1.29 is 22.0 Å². The van der Waals surface area contributed by atoms with E-state index in [0.717, 1.165) is 23.4 Å². The second-order valence-electron chi connectivity index (χ2n) is 6.21. The van der Waals surface area contributed by atoms with E-state index >= 15 is 0 Å². The number of anilines is 1. The van der Waals surface area contributed by atoms with Crippen molar-refractivity contribution in [1.82, 2.24) is 13.8 Å². The Labute approximate surface area is 147 Å². The number of halogens is 2. The summed E-state index contributed by atoms with van der Waals surface area (Å²) in [7, 11) is -3.91. The van der Waals surface area contributed by atoms with Gasteiger partial charge >= 0.3 is 11.7 Å². The minimum Gasteiger partial charge on any atom is -0.287 e. The Morgan fingerprint density at radius 2 is 1.96 bits per heavy atom. The lowest BCUT2D eigenvalue weighted by molar-refractivity contribution is 0.242. The van der Waals surface area contributed by atoms with Crippen LogP contribution in [0.4, 0.5) is 19.3 Å². The first-order valence-corrected chi connectivity index (χ1v) is 9.34.